The highest BCUT2D eigenvalue weighted by Crippen LogP contribution is 2.22. The van der Waals surface area contributed by atoms with Gasteiger partial charge in [0.1, 0.15) is 5.82 Å². The van der Waals surface area contributed by atoms with Crippen LogP contribution in [0.15, 0.2) is 40.9 Å². The minimum atomic E-state index is 0.808. The molecular weight excluding hydrogens is 330 g/mol. The van der Waals surface area contributed by atoms with Crippen molar-refractivity contribution in [3.05, 3.63) is 46.6 Å². The van der Waals surface area contributed by atoms with Gasteiger partial charge >= 0.3 is 0 Å². The molecule has 1 aliphatic heterocycles. The van der Waals surface area contributed by atoms with Crippen LogP contribution >= 0.6 is 15.9 Å². The first-order valence-corrected chi connectivity index (χ1v) is 7.84. The van der Waals surface area contributed by atoms with Gasteiger partial charge in [-0.25, -0.2) is 4.98 Å². The van der Waals surface area contributed by atoms with Gasteiger partial charge in [0.25, 0.3) is 0 Å². The average Bonchev–Trinajstić information content (AvgIpc) is 2.53. The number of pyridine rings is 1. The Morgan fingerprint density at radius 2 is 1.81 bits per heavy atom. The molecule has 21 heavy (non-hydrogen) atoms. The van der Waals surface area contributed by atoms with Gasteiger partial charge in [-0.15, -0.1) is 0 Å². The number of aryl methyl sites for hydroxylation is 1. The van der Waals surface area contributed by atoms with Gasteiger partial charge in [0, 0.05) is 28.9 Å². The van der Waals surface area contributed by atoms with E-state index >= 15 is 0 Å². The minimum Gasteiger partial charge on any atom is -0.378 e. The molecule has 0 aliphatic carbocycles. The summed E-state index contributed by atoms with van der Waals surface area (Å²) in [5.41, 5.74) is 3.26. The fraction of sp³-hybridized carbons (Fsp3) is 0.312. The molecule has 0 atom stereocenters. The topological polar surface area (TPSA) is 37.4 Å². The maximum atomic E-state index is 5.38. The van der Waals surface area contributed by atoms with Gasteiger partial charge in [-0.3, -0.25) is 0 Å². The van der Waals surface area contributed by atoms with E-state index in [1.165, 1.54) is 5.69 Å². The Balaban J connectivity index is 1.70. The molecule has 1 saturated heterocycles. The largest absolute Gasteiger partial charge is 0.378 e. The lowest BCUT2D eigenvalue weighted by molar-refractivity contribution is 0.122. The van der Waals surface area contributed by atoms with Crippen LogP contribution in [0.2, 0.25) is 0 Å². The molecule has 0 bridgehead atoms. The van der Waals surface area contributed by atoms with Crippen LogP contribution in [0.25, 0.3) is 0 Å². The zero-order chi connectivity index (χ0) is 14.7. The normalized spacial score (nSPS) is 15.0. The third kappa shape index (κ3) is 3.54. The number of nitrogens with one attached hydrogen (secondary N) is 1. The monoisotopic (exact) mass is 347 g/mol. The second kappa shape index (κ2) is 6.45. The molecule has 2 heterocycles. The van der Waals surface area contributed by atoms with E-state index in [0.717, 1.165) is 48.0 Å². The Kier molecular flexibility index (Phi) is 4.41. The van der Waals surface area contributed by atoms with Crippen LogP contribution in [-0.4, -0.2) is 31.3 Å². The van der Waals surface area contributed by atoms with E-state index in [4.69, 9.17) is 4.74 Å². The van der Waals surface area contributed by atoms with Crippen LogP contribution in [0.5, 0.6) is 0 Å². The minimum absolute atomic E-state index is 0.808. The van der Waals surface area contributed by atoms with Crippen LogP contribution < -0.4 is 10.2 Å². The zero-order valence-corrected chi connectivity index (χ0v) is 13.6. The molecule has 1 aromatic carbocycles. The molecule has 1 aromatic heterocycles. The molecule has 0 saturated carbocycles. The van der Waals surface area contributed by atoms with Crippen molar-refractivity contribution in [3.8, 4) is 0 Å². The Morgan fingerprint density at radius 1 is 1.10 bits per heavy atom. The van der Waals surface area contributed by atoms with Crippen molar-refractivity contribution in [3.63, 3.8) is 0 Å². The Morgan fingerprint density at radius 3 is 2.48 bits per heavy atom. The van der Waals surface area contributed by atoms with Crippen LogP contribution in [0.4, 0.5) is 17.2 Å². The predicted molar refractivity (Wildman–Crippen MR) is 89.4 cm³/mol. The van der Waals surface area contributed by atoms with Gasteiger partial charge in [0.05, 0.1) is 18.9 Å². The van der Waals surface area contributed by atoms with Gasteiger partial charge in [0.15, 0.2) is 0 Å². The van der Waals surface area contributed by atoms with Crippen molar-refractivity contribution in [2.75, 3.05) is 36.5 Å². The summed E-state index contributed by atoms with van der Waals surface area (Å²) in [5.74, 6) is 0.856. The quantitative estimate of drug-likeness (QED) is 0.917. The maximum absolute atomic E-state index is 5.38. The van der Waals surface area contributed by atoms with E-state index in [-0.39, 0.29) is 0 Å². The highest BCUT2D eigenvalue weighted by Gasteiger charge is 2.10. The zero-order valence-electron chi connectivity index (χ0n) is 12.0. The van der Waals surface area contributed by atoms with E-state index in [2.05, 4.69) is 55.4 Å². The standard InChI is InChI=1S/C16H18BrN3O/c1-12-15(17)6-7-16(18-12)19-13-2-4-14(5-3-13)20-8-10-21-11-9-20/h2-7H,8-11H2,1H3,(H,18,19). The molecule has 4 nitrogen and oxygen atoms in total. The van der Waals surface area contributed by atoms with Crippen LogP contribution in [0.3, 0.4) is 0 Å². The maximum Gasteiger partial charge on any atom is 0.130 e. The summed E-state index contributed by atoms with van der Waals surface area (Å²) in [6.45, 7) is 5.52. The molecule has 0 amide bonds. The highest BCUT2D eigenvalue weighted by molar-refractivity contribution is 9.10. The van der Waals surface area contributed by atoms with Crippen LogP contribution in [0.1, 0.15) is 5.69 Å². The van der Waals surface area contributed by atoms with Crippen molar-refractivity contribution in [1.29, 1.82) is 0 Å². The summed E-state index contributed by atoms with van der Waals surface area (Å²) in [6, 6.07) is 12.4. The van der Waals surface area contributed by atoms with Gasteiger partial charge in [0.2, 0.25) is 0 Å². The Hall–Kier alpha value is -1.59. The van der Waals surface area contributed by atoms with Crippen molar-refractivity contribution in [1.82, 2.24) is 4.98 Å². The molecule has 1 N–H and O–H groups in total. The molecule has 110 valence electrons. The molecule has 2 aromatic rings. The molecule has 5 heteroatoms. The first kappa shape index (κ1) is 14.4. The molecule has 0 radical (unpaired) electrons. The summed E-state index contributed by atoms with van der Waals surface area (Å²) in [6.07, 6.45) is 0. The number of anilines is 3. The van der Waals surface area contributed by atoms with Crippen LogP contribution in [0, 0.1) is 6.92 Å². The molecule has 1 fully saturated rings. The SMILES string of the molecule is Cc1nc(Nc2ccc(N3CCOCC3)cc2)ccc1Br. The highest BCUT2D eigenvalue weighted by atomic mass is 79.9. The second-order valence-electron chi connectivity index (χ2n) is 5.04. The van der Waals surface area contributed by atoms with Gasteiger partial charge in [-0.05, 0) is 59.3 Å². The molecule has 1 aliphatic rings. The van der Waals surface area contributed by atoms with Crippen molar-refractivity contribution in [2.45, 2.75) is 6.92 Å². The van der Waals surface area contributed by atoms with E-state index in [1.54, 1.807) is 0 Å². The predicted octanol–water partition coefficient (Wildman–Crippen LogP) is 3.73. The number of hydrogen-bond donors (Lipinski definition) is 1. The van der Waals surface area contributed by atoms with Gasteiger partial charge in [-0.1, -0.05) is 0 Å². The number of halogens is 1. The average molecular weight is 348 g/mol. The van der Waals surface area contributed by atoms with E-state index in [0.29, 0.717) is 0 Å². The summed E-state index contributed by atoms with van der Waals surface area (Å²) < 4.78 is 6.40. The van der Waals surface area contributed by atoms with Crippen molar-refractivity contribution < 1.29 is 4.74 Å². The number of ether oxygens (including phenoxy) is 1. The summed E-state index contributed by atoms with van der Waals surface area (Å²) in [5, 5.41) is 3.33. The lowest BCUT2D eigenvalue weighted by Gasteiger charge is -2.28. The van der Waals surface area contributed by atoms with Gasteiger partial charge in [-0.2, -0.15) is 0 Å². The Bertz CT molecular complexity index is 609. The first-order valence-electron chi connectivity index (χ1n) is 7.05. The third-order valence-corrected chi connectivity index (χ3v) is 4.38. The number of rotatable bonds is 3. The van der Waals surface area contributed by atoms with E-state index < -0.39 is 0 Å². The summed E-state index contributed by atoms with van der Waals surface area (Å²) >= 11 is 3.46. The molecular formula is C16H18BrN3O. The number of benzene rings is 1. The summed E-state index contributed by atoms with van der Waals surface area (Å²) in [7, 11) is 0. The molecule has 0 spiro atoms. The van der Waals surface area contributed by atoms with Crippen molar-refractivity contribution in [2.24, 2.45) is 0 Å². The number of aromatic nitrogens is 1. The lowest BCUT2D eigenvalue weighted by Crippen LogP contribution is -2.36. The third-order valence-electron chi connectivity index (χ3n) is 3.54. The molecule has 0 unspecified atom stereocenters. The summed E-state index contributed by atoms with van der Waals surface area (Å²) in [4.78, 5) is 6.84. The Labute approximate surface area is 133 Å². The number of morpholine rings is 1. The van der Waals surface area contributed by atoms with Gasteiger partial charge < -0.3 is 15.0 Å². The molecule has 3 rings (SSSR count). The van der Waals surface area contributed by atoms with Crippen LogP contribution in [-0.2, 0) is 4.74 Å². The second-order valence-corrected chi connectivity index (χ2v) is 5.89. The fourth-order valence-electron chi connectivity index (χ4n) is 2.34. The first-order chi connectivity index (χ1) is 10.2. The smallest absolute Gasteiger partial charge is 0.130 e. The van der Waals surface area contributed by atoms with Crippen molar-refractivity contribution >= 4 is 33.1 Å². The van der Waals surface area contributed by atoms with E-state index in [1.807, 2.05) is 19.1 Å². The lowest BCUT2D eigenvalue weighted by atomic mass is 10.2. The van der Waals surface area contributed by atoms with E-state index in [9.17, 15) is 0 Å². The number of hydrogen-bond acceptors (Lipinski definition) is 4. The number of nitrogens with zero attached hydrogens (tertiary/aromatic N) is 2. The fourth-order valence-corrected chi connectivity index (χ4v) is 2.56.